The normalized spacial score (nSPS) is 13.7. The molecule has 6 rings (SSSR count). The Labute approximate surface area is 209 Å². The fraction of sp³-hybridized carbons (Fsp3) is 0.207. The molecule has 0 bridgehead atoms. The second kappa shape index (κ2) is 8.77. The summed E-state index contributed by atoms with van der Waals surface area (Å²) in [6.45, 7) is 2.59. The van der Waals surface area contributed by atoms with Crippen molar-refractivity contribution < 1.29 is 9.90 Å². The van der Waals surface area contributed by atoms with Gasteiger partial charge in [-0.2, -0.15) is 5.10 Å². The number of aliphatic hydroxyl groups is 1. The van der Waals surface area contributed by atoms with Crippen LogP contribution in [0.3, 0.4) is 0 Å². The zero-order valence-electron chi connectivity index (χ0n) is 20.0. The van der Waals surface area contributed by atoms with Crippen molar-refractivity contribution in [1.82, 2.24) is 19.3 Å². The Morgan fingerprint density at radius 2 is 1.67 bits per heavy atom. The molecule has 180 valence electrons. The number of nitrogens with one attached hydrogen (secondary N) is 1. The van der Waals surface area contributed by atoms with Gasteiger partial charge < -0.3 is 15.0 Å². The van der Waals surface area contributed by atoms with Crippen LogP contribution in [0.2, 0.25) is 0 Å². The van der Waals surface area contributed by atoms with E-state index in [2.05, 4.69) is 10.4 Å². The van der Waals surface area contributed by atoms with E-state index in [0.717, 1.165) is 29.5 Å². The Morgan fingerprint density at radius 3 is 2.28 bits per heavy atom. The average Bonchev–Trinajstić information content (AvgIpc) is 3.56. The third kappa shape index (κ3) is 3.78. The van der Waals surface area contributed by atoms with Crippen LogP contribution in [-0.2, 0) is 12.1 Å². The van der Waals surface area contributed by atoms with Crippen LogP contribution in [0.25, 0.3) is 11.0 Å². The quantitative estimate of drug-likeness (QED) is 0.341. The van der Waals surface area contributed by atoms with Gasteiger partial charge in [-0.3, -0.25) is 9.48 Å². The maximum Gasteiger partial charge on any atom is 0.256 e. The molecule has 1 amide bonds. The largest absolute Gasteiger partial charge is 0.373 e. The van der Waals surface area contributed by atoms with Crippen molar-refractivity contribution in [3.8, 4) is 0 Å². The third-order valence-corrected chi connectivity index (χ3v) is 6.80. The molecule has 7 nitrogen and oxygen atoms in total. The van der Waals surface area contributed by atoms with Gasteiger partial charge in [-0.1, -0.05) is 60.7 Å². The summed E-state index contributed by atoms with van der Waals surface area (Å²) < 4.78 is 3.89. The molecule has 0 unspecified atom stereocenters. The van der Waals surface area contributed by atoms with E-state index in [0.29, 0.717) is 35.3 Å². The summed E-state index contributed by atoms with van der Waals surface area (Å²) in [6, 6.07) is 26.8. The van der Waals surface area contributed by atoms with Crippen LogP contribution in [0, 0.1) is 0 Å². The van der Waals surface area contributed by atoms with Crippen molar-refractivity contribution in [3.63, 3.8) is 0 Å². The zero-order chi connectivity index (χ0) is 24.7. The molecule has 1 saturated carbocycles. The number of rotatable bonds is 7. The van der Waals surface area contributed by atoms with E-state index in [1.54, 1.807) is 6.07 Å². The summed E-state index contributed by atoms with van der Waals surface area (Å²) in [6.07, 6.45) is 4.17. The van der Waals surface area contributed by atoms with E-state index in [1.807, 2.05) is 101 Å². The predicted molar refractivity (Wildman–Crippen MR) is 139 cm³/mol. The number of anilines is 1. The number of aryl methyl sites for hydroxylation is 1. The number of nitrogens with zero attached hydrogens (tertiary/aromatic N) is 4. The minimum Gasteiger partial charge on any atom is -0.373 e. The van der Waals surface area contributed by atoms with Gasteiger partial charge >= 0.3 is 0 Å². The van der Waals surface area contributed by atoms with Gasteiger partial charge in [-0.15, -0.1) is 0 Å². The molecule has 0 saturated heterocycles. The van der Waals surface area contributed by atoms with Crippen molar-refractivity contribution in [2.24, 2.45) is 0 Å². The number of carbonyl (C=O) groups excluding carboxylic acids is 1. The Hall–Kier alpha value is -4.23. The van der Waals surface area contributed by atoms with E-state index < -0.39 is 5.60 Å². The zero-order valence-corrected chi connectivity index (χ0v) is 20.0. The molecule has 2 heterocycles. The van der Waals surface area contributed by atoms with Gasteiger partial charge in [0.1, 0.15) is 0 Å². The molecular formula is C29H27N5O2. The molecule has 36 heavy (non-hydrogen) atoms. The second-order valence-corrected chi connectivity index (χ2v) is 9.19. The number of fused-ring (bicyclic) bond motifs is 1. The van der Waals surface area contributed by atoms with Gasteiger partial charge in [0.15, 0.2) is 17.2 Å². The van der Waals surface area contributed by atoms with E-state index in [9.17, 15) is 9.90 Å². The lowest BCUT2D eigenvalue weighted by Gasteiger charge is -2.29. The molecule has 1 aliphatic rings. The number of benzene rings is 3. The molecule has 0 spiro atoms. The first-order valence-corrected chi connectivity index (χ1v) is 12.3. The van der Waals surface area contributed by atoms with Crippen LogP contribution in [0.1, 0.15) is 53.1 Å². The van der Waals surface area contributed by atoms with Crippen molar-refractivity contribution in [1.29, 1.82) is 0 Å². The van der Waals surface area contributed by atoms with E-state index in [1.165, 1.54) is 0 Å². The van der Waals surface area contributed by atoms with Gasteiger partial charge in [0.25, 0.3) is 5.91 Å². The molecule has 0 aliphatic heterocycles. The van der Waals surface area contributed by atoms with Crippen LogP contribution >= 0.6 is 0 Å². The van der Waals surface area contributed by atoms with Gasteiger partial charge in [-0.25, -0.2) is 4.98 Å². The van der Waals surface area contributed by atoms with Crippen LogP contribution in [0.15, 0.2) is 91.1 Å². The highest BCUT2D eigenvalue weighted by Gasteiger charge is 2.38. The Morgan fingerprint density at radius 1 is 1.00 bits per heavy atom. The molecule has 1 fully saturated rings. The van der Waals surface area contributed by atoms with E-state index in [4.69, 9.17) is 4.98 Å². The molecule has 0 atom stereocenters. The van der Waals surface area contributed by atoms with Crippen LogP contribution < -0.4 is 5.32 Å². The lowest BCUT2D eigenvalue weighted by atomic mass is 9.85. The minimum atomic E-state index is -1.46. The van der Waals surface area contributed by atoms with Gasteiger partial charge in [0, 0.05) is 24.4 Å². The highest BCUT2D eigenvalue weighted by atomic mass is 16.3. The van der Waals surface area contributed by atoms with Crippen molar-refractivity contribution in [3.05, 3.63) is 114 Å². The molecule has 5 aromatic rings. The first-order valence-electron chi connectivity index (χ1n) is 12.3. The van der Waals surface area contributed by atoms with Crippen LogP contribution in [0.5, 0.6) is 0 Å². The number of hydrogen-bond donors (Lipinski definition) is 2. The number of aromatic nitrogens is 4. The summed E-state index contributed by atoms with van der Waals surface area (Å²) in [7, 11) is 0. The van der Waals surface area contributed by atoms with Crippen molar-refractivity contribution in [2.75, 3.05) is 5.32 Å². The van der Waals surface area contributed by atoms with E-state index in [-0.39, 0.29) is 5.91 Å². The average molecular weight is 478 g/mol. The third-order valence-electron chi connectivity index (χ3n) is 6.80. The first kappa shape index (κ1) is 22.2. The molecule has 1 aliphatic carbocycles. The summed E-state index contributed by atoms with van der Waals surface area (Å²) >= 11 is 0. The lowest BCUT2D eigenvalue weighted by molar-refractivity contribution is 0.102. The van der Waals surface area contributed by atoms with Gasteiger partial charge in [0.2, 0.25) is 0 Å². The molecule has 2 aromatic heterocycles. The van der Waals surface area contributed by atoms with Gasteiger partial charge in [-0.05, 0) is 49.1 Å². The van der Waals surface area contributed by atoms with Crippen molar-refractivity contribution >= 4 is 22.8 Å². The molecule has 0 radical (unpaired) electrons. The van der Waals surface area contributed by atoms with Crippen LogP contribution in [-0.4, -0.2) is 30.3 Å². The highest BCUT2D eigenvalue weighted by molar-refractivity contribution is 6.05. The fourth-order valence-corrected chi connectivity index (χ4v) is 4.78. The SMILES string of the molecule is CCn1c(C(O)(c2ccccc2)c2ccccc2)nc2ccc(C(=O)Nc3ccn(C4CC4)n3)cc21. The van der Waals surface area contributed by atoms with Crippen molar-refractivity contribution in [2.45, 2.75) is 38.0 Å². The Balaban J connectivity index is 1.42. The number of hydrogen-bond acceptors (Lipinski definition) is 4. The summed E-state index contributed by atoms with van der Waals surface area (Å²) in [5.74, 6) is 0.821. The van der Waals surface area contributed by atoms with E-state index >= 15 is 0 Å². The molecular weight excluding hydrogens is 450 g/mol. The van der Waals surface area contributed by atoms with Gasteiger partial charge in [0.05, 0.1) is 17.1 Å². The number of amides is 1. The number of imidazole rings is 1. The smallest absolute Gasteiger partial charge is 0.256 e. The molecule has 3 aromatic carbocycles. The summed E-state index contributed by atoms with van der Waals surface area (Å²) in [5.41, 5.74) is 2.00. The second-order valence-electron chi connectivity index (χ2n) is 9.19. The van der Waals surface area contributed by atoms with Crippen LogP contribution in [0.4, 0.5) is 5.82 Å². The summed E-state index contributed by atoms with van der Waals surface area (Å²) in [4.78, 5) is 17.9. The minimum absolute atomic E-state index is 0.232. The highest BCUT2D eigenvalue weighted by Crippen LogP contribution is 2.38. The fourth-order valence-electron chi connectivity index (χ4n) is 4.78. The Kier molecular flexibility index (Phi) is 5.42. The molecule has 2 N–H and O–H groups in total. The molecule has 7 heteroatoms. The lowest BCUT2D eigenvalue weighted by Crippen LogP contribution is -2.32. The standard InChI is InChI=1S/C29H27N5O2/c1-2-33-25-19-20(27(35)31-26-17-18-34(32-26)23-14-15-23)13-16-24(25)30-28(33)29(36,21-9-5-3-6-10-21)22-11-7-4-8-12-22/h3-13,16-19,23,36H,2,14-15H2,1H3,(H,31,32,35). The monoisotopic (exact) mass is 477 g/mol. The number of carbonyl (C=O) groups is 1. The maximum absolute atomic E-state index is 13.1. The summed E-state index contributed by atoms with van der Waals surface area (Å²) in [5, 5.41) is 19.7. The predicted octanol–water partition coefficient (Wildman–Crippen LogP) is 5.12. The maximum atomic E-state index is 13.1. The topological polar surface area (TPSA) is 85.0 Å². The first-order chi connectivity index (χ1) is 17.6. The Bertz CT molecular complexity index is 1490.